The minimum absolute atomic E-state index is 0. The smallest absolute Gasteiger partial charge is 0.191 e. The summed E-state index contributed by atoms with van der Waals surface area (Å²) in [5.74, 6) is 1.11. The van der Waals surface area contributed by atoms with E-state index in [2.05, 4.69) is 15.6 Å². The molecule has 1 aromatic carbocycles. The van der Waals surface area contributed by atoms with Gasteiger partial charge >= 0.3 is 0 Å². The molecule has 1 rings (SSSR count). The van der Waals surface area contributed by atoms with E-state index in [1.165, 1.54) is 18.4 Å². The van der Waals surface area contributed by atoms with Crippen molar-refractivity contribution in [2.24, 2.45) is 4.99 Å². The van der Waals surface area contributed by atoms with Gasteiger partial charge in [0.1, 0.15) is 21.4 Å². The molecule has 0 spiro atoms. The molecule has 1 atom stereocenters. The van der Waals surface area contributed by atoms with Gasteiger partial charge in [-0.25, -0.2) is 12.8 Å². The molecular weight excluding hydrogens is 460 g/mol. The first-order valence-electron chi connectivity index (χ1n) is 7.83. The quantitative estimate of drug-likeness (QED) is 0.242. The van der Waals surface area contributed by atoms with Gasteiger partial charge < -0.3 is 15.4 Å². The first-order chi connectivity index (χ1) is 11.3. The van der Waals surface area contributed by atoms with Crippen LogP contribution in [0.15, 0.2) is 29.3 Å². The Bertz CT molecular complexity index is 624. The van der Waals surface area contributed by atoms with Crippen LogP contribution in [0.25, 0.3) is 0 Å². The number of hydrogen-bond acceptors (Lipinski definition) is 4. The Balaban J connectivity index is 0.00000576. The fourth-order valence-corrected chi connectivity index (χ4v) is 2.67. The first kappa shape index (κ1) is 23.9. The van der Waals surface area contributed by atoms with Crippen LogP contribution in [0.1, 0.15) is 19.8 Å². The summed E-state index contributed by atoms with van der Waals surface area (Å²) < 4.78 is 40.6. The van der Waals surface area contributed by atoms with E-state index in [1.807, 2.05) is 6.92 Å². The standard InChI is InChI=1S/C16H26FN3O3S.HI/c1-13(9-12-24(3,21)22)20-16(18-2)19-10-4-11-23-15-7-5-14(17)6-8-15;/h5-8,13H,4,9-12H2,1-3H3,(H2,18,19,20);1H. The highest BCUT2D eigenvalue weighted by Gasteiger charge is 2.09. The number of aliphatic imine (C=N–C) groups is 1. The predicted octanol–water partition coefficient (Wildman–Crippen LogP) is 2.20. The molecule has 0 amide bonds. The number of sulfone groups is 1. The first-order valence-corrected chi connectivity index (χ1v) is 9.89. The summed E-state index contributed by atoms with van der Waals surface area (Å²) in [7, 11) is -1.30. The summed E-state index contributed by atoms with van der Waals surface area (Å²) in [6.45, 7) is 3.06. The Morgan fingerprint density at radius 1 is 1.32 bits per heavy atom. The van der Waals surface area contributed by atoms with Gasteiger partial charge in [-0.2, -0.15) is 0 Å². The molecule has 0 aliphatic rings. The lowest BCUT2D eigenvalue weighted by atomic mass is 10.3. The van der Waals surface area contributed by atoms with Crippen LogP contribution < -0.4 is 15.4 Å². The van der Waals surface area contributed by atoms with E-state index in [0.717, 1.165) is 6.42 Å². The lowest BCUT2D eigenvalue weighted by Gasteiger charge is -2.17. The van der Waals surface area contributed by atoms with Crippen LogP contribution in [0.4, 0.5) is 4.39 Å². The van der Waals surface area contributed by atoms with Gasteiger partial charge in [0.15, 0.2) is 5.96 Å². The Hall–Kier alpha value is -1.10. The van der Waals surface area contributed by atoms with Crippen molar-refractivity contribution >= 4 is 39.8 Å². The second kappa shape index (κ2) is 12.3. The minimum Gasteiger partial charge on any atom is -0.494 e. The Morgan fingerprint density at radius 2 is 1.96 bits per heavy atom. The average Bonchev–Trinajstić information content (AvgIpc) is 2.52. The van der Waals surface area contributed by atoms with Crippen molar-refractivity contribution in [2.45, 2.75) is 25.8 Å². The summed E-state index contributed by atoms with van der Waals surface area (Å²) in [5, 5.41) is 6.29. The van der Waals surface area contributed by atoms with Gasteiger partial charge in [0.25, 0.3) is 0 Å². The Morgan fingerprint density at radius 3 is 2.52 bits per heavy atom. The molecule has 0 fully saturated rings. The summed E-state index contributed by atoms with van der Waals surface area (Å²) >= 11 is 0. The van der Waals surface area contributed by atoms with E-state index in [0.29, 0.717) is 31.3 Å². The third-order valence-corrected chi connectivity index (χ3v) is 4.20. The number of hydrogen-bond donors (Lipinski definition) is 2. The molecule has 0 aliphatic carbocycles. The molecule has 0 radical (unpaired) electrons. The average molecular weight is 487 g/mol. The normalized spacial score (nSPS) is 12.9. The van der Waals surface area contributed by atoms with Gasteiger partial charge in [-0.1, -0.05) is 0 Å². The molecule has 2 N–H and O–H groups in total. The fourth-order valence-electron chi connectivity index (χ4n) is 1.89. The second-order valence-electron chi connectivity index (χ2n) is 5.62. The molecule has 25 heavy (non-hydrogen) atoms. The largest absolute Gasteiger partial charge is 0.494 e. The highest BCUT2D eigenvalue weighted by atomic mass is 127. The van der Waals surface area contributed by atoms with Crippen molar-refractivity contribution in [3.8, 4) is 5.75 Å². The van der Waals surface area contributed by atoms with Crippen molar-refractivity contribution in [2.75, 3.05) is 32.2 Å². The third-order valence-electron chi connectivity index (χ3n) is 3.22. The van der Waals surface area contributed by atoms with Crippen molar-refractivity contribution in [3.05, 3.63) is 30.1 Å². The second-order valence-corrected chi connectivity index (χ2v) is 7.88. The molecule has 0 aliphatic heterocycles. The number of halogens is 2. The SMILES string of the molecule is CN=C(NCCCOc1ccc(F)cc1)NC(C)CCS(C)(=O)=O.I. The van der Waals surface area contributed by atoms with E-state index in [4.69, 9.17) is 4.74 Å². The van der Waals surface area contributed by atoms with Crippen LogP contribution in [0.2, 0.25) is 0 Å². The van der Waals surface area contributed by atoms with Crippen LogP contribution in [0, 0.1) is 5.82 Å². The van der Waals surface area contributed by atoms with E-state index in [-0.39, 0.29) is 41.6 Å². The molecular formula is C16H27FIN3O3S. The van der Waals surface area contributed by atoms with Crippen molar-refractivity contribution in [3.63, 3.8) is 0 Å². The van der Waals surface area contributed by atoms with Gasteiger partial charge in [-0.3, -0.25) is 4.99 Å². The van der Waals surface area contributed by atoms with E-state index < -0.39 is 9.84 Å². The maximum atomic E-state index is 12.8. The van der Waals surface area contributed by atoms with Gasteiger partial charge in [0.05, 0.1) is 12.4 Å². The molecule has 1 aromatic rings. The summed E-state index contributed by atoms with van der Waals surface area (Å²) in [4.78, 5) is 4.10. The van der Waals surface area contributed by atoms with Crippen LogP contribution in [0.3, 0.4) is 0 Å². The number of benzene rings is 1. The molecule has 0 bridgehead atoms. The molecule has 1 unspecified atom stereocenters. The van der Waals surface area contributed by atoms with Crippen LogP contribution >= 0.6 is 24.0 Å². The topological polar surface area (TPSA) is 79.8 Å². The lowest BCUT2D eigenvalue weighted by molar-refractivity contribution is 0.310. The van der Waals surface area contributed by atoms with Crippen LogP contribution in [-0.2, 0) is 9.84 Å². The number of guanidine groups is 1. The lowest BCUT2D eigenvalue weighted by Crippen LogP contribution is -2.43. The highest BCUT2D eigenvalue weighted by Crippen LogP contribution is 2.10. The van der Waals surface area contributed by atoms with Gasteiger partial charge in [0.2, 0.25) is 0 Å². The van der Waals surface area contributed by atoms with Crippen LogP contribution in [-0.4, -0.2) is 52.6 Å². The molecule has 0 aromatic heterocycles. The maximum absolute atomic E-state index is 12.8. The Kier molecular flexibility index (Phi) is 11.7. The summed E-state index contributed by atoms with van der Waals surface area (Å²) in [5.41, 5.74) is 0. The van der Waals surface area contributed by atoms with Gasteiger partial charge in [0, 0.05) is 25.9 Å². The maximum Gasteiger partial charge on any atom is 0.191 e. The van der Waals surface area contributed by atoms with E-state index in [9.17, 15) is 12.8 Å². The van der Waals surface area contributed by atoms with Crippen molar-refractivity contribution < 1.29 is 17.5 Å². The molecule has 144 valence electrons. The van der Waals surface area contributed by atoms with E-state index in [1.54, 1.807) is 19.2 Å². The van der Waals surface area contributed by atoms with Crippen molar-refractivity contribution in [1.82, 2.24) is 10.6 Å². The number of nitrogens with zero attached hydrogens (tertiary/aromatic N) is 1. The minimum atomic E-state index is -2.96. The van der Waals surface area contributed by atoms with E-state index >= 15 is 0 Å². The van der Waals surface area contributed by atoms with Gasteiger partial charge in [-0.15, -0.1) is 24.0 Å². The number of nitrogens with one attached hydrogen (secondary N) is 2. The Labute approximate surface area is 166 Å². The monoisotopic (exact) mass is 487 g/mol. The summed E-state index contributed by atoms with van der Waals surface area (Å²) in [6.07, 6.45) is 2.50. The predicted molar refractivity (Wildman–Crippen MR) is 110 cm³/mol. The zero-order chi connectivity index (χ0) is 18.0. The fraction of sp³-hybridized carbons (Fsp3) is 0.562. The summed E-state index contributed by atoms with van der Waals surface area (Å²) in [6, 6.07) is 5.90. The molecule has 6 nitrogen and oxygen atoms in total. The number of rotatable bonds is 9. The van der Waals surface area contributed by atoms with Crippen molar-refractivity contribution in [1.29, 1.82) is 0 Å². The zero-order valence-corrected chi connectivity index (χ0v) is 17.9. The van der Waals surface area contributed by atoms with Gasteiger partial charge in [-0.05, 0) is 44.0 Å². The van der Waals surface area contributed by atoms with Crippen LogP contribution in [0.5, 0.6) is 5.75 Å². The third kappa shape index (κ3) is 12.0. The highest BCUT2D eigenvalue weighted by molar-refractivity contribution is 14.0. The molecule has 0 saturated carbocycles. The molecule has 9 heteroatoms. The molecule has 0 heterocycles. The number of ether oxygens (including phenoxy) is 1. The molecule has 0 saturated heterocycles. The zero-order valence-electron chi connectivity index (χ0n) is 14.8.